The molecule has 0 aliphatic heterocycles. The minimum Gasteiger partial charge on any atom is -0.0970 e. The number of benzene rings is 1. The number of unbranched alkanes of at least 4 members (excludes halogenated alkanes) is 6. The Morgan fingerprint density at radius 1 is 0.900 bits per heavy atom. The summed E-state index contributed by atoms with van der Waals surface area (Å²) in [7, 11) is 0. The van der Waals surface area contributed by atoms with Crippen molar-refractivity contribution >= 4 is 29.3 Å². The monoisotopic (exact) mass is 312 g/mol. The largest absolute Gasteiger partial charge is 0.136 e. The van der Waals surface area contributed by atoms with Crippen molar-refractivity contribution in [2.75, 3.05) is 0 Å². The summed E-state index contributed by atoms with van der Waals surface area (Å²) in [6.45, 7) is 2.24. The van der Waals surface area contributed by atoms with Crippen LogP contribution in [0.1, 0.15) is 63.9 Å². The summed E-state index contributed by atoms with van der Waals surface area (Å²) in [6.07, 6.45) is 13.7. The van der Waals surface area contributed by atoms with Crippen molar-refractivity contribution in [3.8, 4) is 0 Å². The van der Waals surface area contributed by atoms with Crippen LogP contribution in [0.4, 0.5) is 0 Å². The zero-order valence-corrected chi connectivity index (χ0v) is 14.0. The van der Waals surface area contributed by atoms with Gasteiger partial charge in [-0.05, 0) is 18.1 Å². The second-order valence-electron chi connectivity index (χ2n) is 5.38. The van der Waals surface area contributed by atoms with Crippen molar-refractivity contribution < 1.29 is 0 Å². The minimum atomic E-state index is -0.737. The maximum atomic E-state index is 6.33. The van der Waals surface area contributed by atoms with Crippen LogP contribution in [0.5, 0.6) is 0 Å². The first-order valence-corrected chi connectivity index (χ1v) is 8.52. The first kappa shape index (κ1) is 17.6. The Balaban J connectivity index is 2.19. The quantitative estimate of drug-likeness (QED) is 0.322. The van der Waals surface area contributed by atoms with E-state index in [0.29, 0.717) is 0 Å². The van der Waals surface area contributed by atoms with Crippen molar-refractivity contribution in [2.24, 2.45) is 0 Å². The van der Waals surface area contributed by atoms with E-state index in [1.807, 2.05) is 42.5 Å². The summed E-state index contributed by atoms with van der Waals surface area (Å²) in [4.78, 5) is 0. The highest BCUT2D eigenvalue weighted by Gasteiger charge is 2.18. The van der Waals surface area contributed by atoms with E-state index in [-0.39, 0.29) is 0 Å². The number of allylic oxidation sites excluding steroid dienone is 1. The molecule has 0 aromatic heterocycles. The van der Waals surface area contributed by atoms with Crippen molar-refractivity contribution in [2.45, 2.75) is 62.6 Å². The average molecular weight is 313 g/mol. The molecule has 112 valence electrons. The molecule has 0 radical (unpaired) electrons. The molecule has 0 fully saturated rings. The molecule has 0 saturated heterocycles. The van der Waals surface area contributed by atoms with Crippen LogP contribution in [0.15, 0.2) is 36.4 Å². The number of alkyl halides is 2. The summed E-state index contributed by atoms with van der Waals surface area (Å²) >= 11 is 12.7. The first-order valence-electron chi connectivity index (χ1n) is 7.76. The highest BCUT2D eigenvalue weighted by Crippen LogP contribution is 2.30. The van der Waals surface area contributed by atoms with E-state index in [0.717, 1.165) is 18.4 Å². The third-order valence-corrected chi connectivity index (χ3v) is 4.06. The third kappa shape index (κ3) is 8.66. The summed E-state index contributed by atoms with van der Waals surface area (Å²) < 4.78 is -0.737. The molecule has 2 heteroatoms. The lowest BCUT2D eigenvalue weighted by Gasteiger charge is -2.14. The van der Waals surface area contributed by atoms with Gasteiger partial charge in [0.1, 0.15) is 4.33 Å². The molecule has 0 nitrogen and oxygen atoms in total. The summed E-state index contributed by atoms with van der Waals surface area (Å²) in [5.74, 6) is 0. The maximum Gasteiger partial charge on any atom is 0.136 e. The third-order valence-electron chi connectivity index (χ3n) is 3.43. The van der Waals surface area contributed by atoms with Gasteiger partial charge in [-0.25, -0.2) is 0 Å². The predicted octanol–water partition coefficient (Wildman–Crippen LogP) is 7.01. The normalized spacial score (nSPS) is 12.2. The van der Waals surface area contributed by atoms with Crippen LogP contribution in [-0.4, -0.2) is 4.33 Å². The molecule has 0 heterocycles. The highest BCUT2D eigenvalue weighted by atomic mass is 35.5. The van der Waals surface area contributed by atoms with Gasteiger partial charge in [0.15, 0.2) is 0 Å². The molecule has 0 aliphatic rings. The van der Waals surface area contributed by atoms with Gasteiger partial charge in [-0.3, -0.25) is 0 Å². The predicted molar refractivity (Wildman–Crippen MR) is 92.5 cm³/mol. The second-order valence-corrected chi connectivity index (χ2v) is 6.92. The van der Waals surface area contributed by atoms with E-state index in [4.69, 9.17) is 23.2 Å². The lowest BCUT2D eigenvalue weighted by atomic mass is 10.1. The van der Waals surface area contributed by atoms with Crippen molar-refractivity contribution in [1.82, 2.24) is 0 Å². The standard InChI is InChI=1S/C18H26Cl2/c1-2-3-4-5-6-7-11-15-18(19,20)16-14-17-12-9-8-10-13-17/h8-10,12-14,16H,2-7,11,15H2,1H3. The molecule has 0 saturated carbocycles. The topological polar surface area (TPSA) is 0 Å². The number of hydrogen-bond acceptors (Lipinski definition) is 0. The van der Waals surface area contributed by atoms with Crippen LogP contribution in [0.3, 0.4) is 0 Å². The van der Waals surface area contributed by atoms with Crippen LogP contribution in [0, 0.1) is 0 Å². The SMILES string of the molecule is CCCCCCCCCC(Cl)(Cl)C=Cc1ccccc1. The van der Waals surface area contributed by atoms with Gasteiger partial charge in [0.25, 0.3) is 0 Å². The molecule has 0 N–H and O–H groups in total. The highest BCUT2D eigenvalue weighted by molar-refractivity contribution is 6.50. The Hall–Kier alpha value is -0.460. The van der Waals surface area contributed by atoms with Gasteiger partial charge >= 0.3 is 0 Å². The van der Waals surface area contributed by atoms with Gasteiger partial charge in [0, 0.05) is 0 Å². The lowest BCUT2D eigenvalue weighted by Crippen LogP contribution is -2.07. The van der Waals surface area contributed by atoms with Gasteiger partial charge in [0.2, 0.25) is 0 Å². The van der Waals surface area contributed by atoms with Crippen molar-refractivity contribution in [3.63, 3.8) is 0 Å². The van der Waals surface area contributed by atoms with Gasteiger partial charge in [0.05, 0.1) is 0 Å². The summed E-state index contributed by atoms with van der Waals surface area (Å²) in [6, 6.07) is 10.1. The van der Waals surface area contributed by atoms with Crippen LogP contribution in [0.25, 0.3) is 6.08 Å². The maximum absolute atomic E-state index is 6.33. The van der Waals surface area contributed by atoms with E-state index in [2.05, 4.69) is 6.92 Å². The number of hydrogen-bond donors (Lipinski definition) is 0. The Bertz CT molecular complexity index is 368. The molecule has 1 aromatic rings. The molecule has 1 rings (SSSR count). The fourth-order valence-corrected chi connectivity index (χ4v) is 2.58. The summed E-state index contributed by atoms with van der Waals surface area (Å²) in [5, 5.41) is 0. The molecular formula is C18H26Cl2. The van der Waals surface area contributed by atoms with Gasteiger partial charge < -0.3 is 0 Å². The fraction of sp³-hybridized carbons (Fsp3) is 0.556. The minimum absolute atomic E-state index is 0.737. The van der Waals surface area contributed by atoms with E-state index >= 15 is 0 Å². The molecule has 0 atom stereocenters. The Labute approximate surface area is 134 Å². The van der Waals surface area contributed by atoms with Gasteiger partial charge in [-0.1, -0.05) is 111 Å². The smallest absolute Gasteiger partial charge is 0.0970 e. The molecule has 20 heavy (non-hydrogen) atoms. The Kier molecular flexibility index (Phi) is 9.05. The summed E-state index contributed by atoms with van der Waals surface area (Å²) in [5.41, 5.74) is 1.14. The molecule has 0 spiro atoms. The Morgan fingerprint density at radius 3 is 2.15 bits per heavy atom. The van der Waals surface area contributed by atoms with E-state index < -0.39 is 4.33 Å². The first-order chi connectivity index (χ1) is 9.64. The van der Waals surface area contributed by atoms with E-state index in [1.165, 1.54) is 38.5 Å². The Morgan fingerprint density at radius 2 is 1.50 bits per heavy atom. The van der Waals surface area contributed by atoms with E-state index in [1.54, 1.807) is 0 Å². The number of rotatable bonds is 10. The molecule has 1 aromatic carbocycles. The van der Waals surface area contributed by atoms with Crippen LogP contribution < -0.4 is 0 Å². The zero-order valence-electron chi connectivity index (χ0n) is 12.5. The zero-order chi connectivity index (χ0) is 14.7. The molecule has 0 aliphatic carbocycles. The lowest BCUT2D eigenvalue weighted by molar-refractivity contribution is 0.572. The fourth-order valence-electron chi connectivity index (χ4n) is 2.18. The number of halogens is 2. The molecular weight excluding hydrogens is 287 g/mol. The molecule has 0 bridgehead atoms. The molecule has 0 unspecified atom stereocenters. The van der Waals surface area contributed by atoms with Crippen LogP contribution in [-0.2, 0) is 0 Å². The van der Waals surface area contributed by atoms with Gasteiger partial charge in [-0.2, -0.15) is 0 Å². The van der Waals surface area contributed by atoms with Crippen molar-refractivity contribution in [1.29, 1.82) is 0 Å². The van der Waals surface area contributed by atoms with Crippen molar-refractivity contribution in [3.05, 3.63) is 42.0 Å². The molecule has 0 amide bonds. The second kappa shape index (κ2) is 10.3. The van der Waals surface area contributed by atoms with Gasteiger partial charge in [-0.15, -0.1) is 0 Å². The average Bonchev–Trinajstić information content (AvgIpc) is 2.45. The van der Waals surface area contributed by atoms with Crippen LogP contribution >= 0.6 is 23.2 Å². The van der Waals surface area contributed by atoms with Crippen LogP contribution in [0.2, 0.25) is 0 Å². The van der Waals surface area contributed by atoms with E-state index in [9.17, 15) is 0 Å².